The summed E-state index contributed by atoms with van der Waals surface area (Å²) in [5.74, 6) is 0.0116. The van der Waals surface area contributed by atoms with E-state index in [2.05, 4.69) is 15.4 Å². The Hall–Kier alpha value is -3.00. The SMILES string of the molecule is CCn1cc(C(=O)N2CC(n3cc(COCc4ccccc4)nn3)C2)cn1. The van der Waals surface area contributed by atoms with Crippen molar-refractivity contribution in [1.29, 1.82) is 0 Å². The molecule has 0 bridgehead atoms. The van der Waals surface area contributed by atoms with Crippen molar-refractivity contribution in [3.05, 3.63) is 65.7 Å². The summed E-state index contributed by atoms with van der Waals surface area (Å²) in [5.41, 5.74) is 2.55. The zero-order valence-corrected chi connectivity index (χ0v) is 15.2. The number of nitrogens with zero attached hydrogens (tertiary/aromatic N) is 6. The van der Waals surface area contributed by atoms with Gasteiger partial charge >= 0.3 is 0 Å². The molecule has 3 aromatic rings. The van der Waals surface area contributed by atoms with E-state index in [0.717, 1.165) is 17.8 Å². The summed E-state index contributed by atoms with van der Waals surface area (Å²) in [6, 6.07) is 10.2. The number of likely N-dealkylation sites (tertiary alicyclic amines) is 1. The molecule has 8 heteroatoms. The van der Waals surface area contributed by atoms with E-state index < -0.39 is 0 Å². The standard InChI is InChI=1S/C19H22N6O2/c1-2-24-9-16(8-20-24)19(26)23-11-18(12-23)25-10-17(21-22-25)14-27-13-15-6-4-3-5-7-15/h3-10,18H,2,11-14H2,1H3. The van der Waals surface area contributed by atoms with Gasteiger partial charge in [0.2, 0.25) is 0 Å². The Morgan fingerprint density at radius 1 is 1.19 bits per heavy atom. The minimum absolute atomic E-state index is 0.0116. The lowest BCUT2D eigenvalue weighted by atomic mass is 10.1. The number of aryl methyl sites for hydroxylation is 1. The molecule has 1 aliphatic rings. The zero-order chi connectivity index (χ0) is 18.6. The van der Waals surface area contributed by atoms with E-state index in [4.69, 9.17) is 4.74 Å². The molecule has 0 unspecified atom stereocenters. The van der Waals surface area contributed by atoms with Gasteiger partial charge in [-0.1, -0.05) is 35.5 Å². The maximum absolute atomic E-state index is 12.4. The van der Waals surface area contributed by atoms with Crippen LogP contribution in [0.2, 0.25) is 0 Å². The lowest BCUT2D eigenvalue weighted by molar-refractivity contribution is 0.0498. The molecule has 0 aliphatic carbocycles. The molecule has 1 saturated heterocycles. The highest BCUT2D eigenvalue weighted by Gasteiger charge is 2.33. The molecule has 0 saturated carbocycles. The quantitative estimate of drug-likeness (QED) is 0.638. The van der Waals surface area contributed by atoms with Crippen LogP contribution in [0.3, 0.4) is 0 Å². The van der Waals surface area contributed by atoms with Crippen molar-refractivity contribution in [2.45, 2.75) is 32.7 Å². The van der Waals surface area contributed by atoms with Gasteiger partial charge in [0.1, 0.15) is 5.69 Å². The Labute approximate surface area is 157 Å². The van der Waals surface area contributed by atoms with E-state index in [0.29, 0.717) is 31.9 Å². The van der Waals surface area contributed by atoms with E-state index in [-0.39, 0.29) is 11.9 Å². The molecule has 2 aromatic heterocycles. The summed E-state index contributed by atoms with van der Waals surface area (Å²) in [5, 5.41) is 12.5. The van der Waals surface area contributed by atoms with Gasteiger partial charge in [-0.3, -0.25) is 9.48 Å². The third-order valence-electron chi connectivity index (χ3n) is 4.65. The van der Waals surface area contributed by atoms with Gasteiger partial charge in [-0.2, -0.15) is 5.10 Å². The van der Waals surface area contributed by atoms with Crippen molar-refractivity contribution in [3.8, 4) is 0 Å². The van der Waals surface area contributed by atoms with E-state index in [1.807, 2.05) is 48.1 Å². The Morgan fingerprint density at radius 2 is 2.00 bits per heavy atom. The average Bonchev–Trinajstić information content (AvgIpc) is 3.31. The number of ether oxygens (including phenoxy) is 1. The molecule has 3 heterocycles. The van der Waals surface area contributed by atoms with Crippen LogP contribution in [0.25, 0.3) is 0 Å². The highest BCUT2D eigenvalue weighted by atomic mass is 16.5. The van der Waals surface area contributed by atoms with Gasteiger partial charge in [-0.25, -0.2) is 4.68 Å². The predicted octanol–water partition coefficient (Wildman–Crippen LogP) is 1.91. The summed E-state index contributed by atoms with van der Waals surface area (Å²) >= 11 is 0. The molecule has 1 fully saturated rings. The van der Waals surface area contributed by atoms with Gasteiger partial charge in [0.15, 0.2) is 0 Å². The molecule has 0 N–H and O–H groups in total. The van der Waals surface area contributed by atoms with Crippen LogP contribution < -0.4 is 0 Å². The van der Waals surface area contributed by atoms with Gasteiger partial charge < -0.3 is 9.64 Å². The first-order chi connectivity index (χ1) is 13.2. The molecular formula is C19H22N6O2. The van der Waals surface area contributed by atoms with Crippen LogP contribution in [-0.2, 0) is 24.5 Å². The van der Waals surface area contributed by atoms with Crippen LogP contribution in [0, 0.1) is 0 Å². The number of carbonyl (C=O) groups excluding carboxylic acids is 1. The van der Waals surface area contributed by atoms with Gasteiger partial charge in [-0.05, 0) is 12.5 Å². The van der Waals surface area contributed by atoms with Crippen molar-refractivity contribution in [3.63, 3.8) is 0 Å². The van der Waals surface area contributed by atoms with E-state index >= 15 is 0 Å². The number of aromatic nitrogens is 5. The Balaban J connectivity index is 1.25. The van der Waals surface area contributed by atoms with Crippen LogP contribution >= 0.6 is 0 Å². The maximum Gasteiger partial charge on any atom is 0.257 e. The second-order valence-corrected chi connectivity index (χ2v) is 6.62. The first kappa shape index (κ1) is 17.4. The summed E-state index contributed by atoms with van der Waals surface area (Å²) < 4.78 is 9.26. The molecule has 4 rings (SSSR count). The third-order valence-corrected chi connectivity index (χ3v) is 4.65. The molecule has 27 heavy (non-hydrogen) atoms. The highest BCUT2D eigenvalue weighted by Crippen LogP contribution is 2.22. The monoisotopic (exact) mass is 366 g/mol. The number of carbonyl (C=O) groups is 1. The number of amides is 1. The molecule has 1 aliphatic heterocycles. The van der Waals surface area contributed by atoms with Crippen LogP contribution in [0.4, 0.5) is 0 Å². The van der Waals surface area contributed by atoms with Gasteiger partial charge in [0.05, 0.1) is 37.2 Å². The number of hydrogen-bond donors (Lipinski definition) is 0. The van der Waals surface area contributed by atoms with E-state index in [9.17, 15) is 4.79 Å². The van der Waals surface area contributed by atoms with E-state index in [1.165, 1.54) is 0 Å². The van der Waals surface area contributed by atoms with Crippen molar-refractivity contribution >= 4 is 5.91 Å². The molecular weight excluding hydrogens is 344 g/mol. The predicted molar refractivity (Wildman–Crippen MR) is 97.8 cm³/mol. The minimum atomic E-state index is 0.0116. The van der Waals surface area contributed by atoms with Gasteiger partial charge in [0, 0.05) is 25.8 Å². The fraction of sp³-hybridized carbons (Fsp3) is 0.368. The normalized spacial score (nSPS) is 14.3. The number of benzene rings is 1. The fourth-order valence-electron chi connectivity index (χ4n) is 3.02. The summed E-state index contributed by atoms with van der Waals surface area (Å²) in [6.07, 6.45) is 5.30. The largest absolute Gasteiger partial charge is 0.370 e. The Bertz CT molecular complexity index is 898. The van der Waals surface area contributed by atoms with Crippen molar-refractivity contribution < 1.29 is 9.53 Å². The molecule has 1 amide bonds. The van der Waals surface area contributed by atoms with Crippen molar-refractivity contribution in [1.82, 2.24) is 29.7 Å². The van der Waals surface area contributed by atoms with E-state index in [1.54, 1.807) is 22.0 Å². The summed E-state index contributed by atoms with van der Waals surface area (Å²) in [7, 11) is 0. The van der Waals surface area contributed by atoms with Crippen LogP contribution in [-0.4, -0.2) is 48.7 Å². The fourth-order valence-corrected chi connectivity index (χ4v) is 3.02. The van der Waals surface area contributed by atoms with Gasteiger partial charge in [0.25, 0.3) is 5.91 Å². The molecule has 140 valence electrons. The minimum Gasteiger partial charge on any atom is -0.370 e. The van der Waals surface area contributed by atoms with Crippen LogP contribution in [0.15, 0.2) is 48.9 Å². The third kappa shape index (κ3) is 3.90. The first-order valence-corrected chi connectivity index (χ1v) is 9.07. The molecule has 1 aromatic carbocycles. The molecule has 8 nitrogen and oxygen atoms in total. The number of hydrogen-bond acceptors (Lipinski definition) is 5. The first-order valence-electron chi connectivity index (χ1n) is 9.07. The molecule has 0 atom stereocenters. The smallest absolute Gasteiger partial charge is 0.257 e. The highest BCUT2D eigenvalue weighted by molar-refractivity contribution is 5.94. The van der Waals surface area contributed by atoms with Crippen molar-refractivity contribution in [2.75, 3.05) is 13.1 Å². The van der Waals surface area contributed by atoms with Crippen molar-refractivity contribution in [2.24, 2.45) is 0 Å². The zero-order valence-electron chi connectivity index (χ0n) is 15.2. The molecule has 0 spiro atoms. The summed E-state index contributed by atoms with van der Waals surface area (Å²) in [6.45, 7) is 4.97. The second kappa shape index (κ2) is 7.71. The maximum atomic E-state index is 12.4. The molecule has 0 radical (unpaired) electrons. The second-order valence-electron chi connectivity index (χ2n) is 6.62. The van der Waals surface area contributed by atoms with Crippen LogP contribution in [0.5, 0.6) is 0 Å². The van der Waals surface area contributed by atoms with Gasteiger partial charge in [-0.15, -0.1) is 5.10 Å². The number of rotatable bonds is 7. The lowest BCUT2D eigenvalue weighted by Crippen LogP contribution is -2.50. The average molecular weight is 366 g/mol. The Kier molecular flexibility index (Phi) is 4.97. The topological polar surface area (TPSA) is 78.1 Å². The Morgan fingerprint density at radius 3 is 2.74 bits per heavy atom. The van der Waals surface area contributed by atoms with Crippen LogP contribution in [0.1, 0.15) is 34.6 Å². The lowest BCUT2D eigenvalue weighted by Gasteiger charge is -2.38. The summed E-state index contributed by atoms with van der Waals surface area (Å²) in [4.78, 5) is 14.2.